The highest BCUT2D eigenvalue weighted by atomic mass is 15.5. The van der Waals surface area contributed by atoms with Crippen molar-refractivity contribution in [1.29, 1.82) is 0 Å². The summed E-state index contributed by atoms with van der Waals surface area (Å²) in [7, 11) is 0. The van der Waals surface area contributed by atoms with Crippen molar-refractivity contribution in [2.75, 3.05) is 18.0 Å². The van der Waals surface area contributed by atoms with Gasteiger partial charge in [0, 0.05) is 19.1 Å². The van der Waals surface area contributed by atoms with Crippen molar-refractivity contribution >= 4 is 5.82 Å². The Morgan fingerprint density at radius 2 is 2.17 bits per heavy atom. The van der Waals surface area contributed by atoms with Gasteiger partial charge in [-0.1, -0.05) is 24.5 Å². The van der Waals surface area contributed by atoms with Crippen LogP contribution in [-0.4, -0.2) is 34.1 Å². The molecular formula is C13H25N5. The van der Waals surface area contributed by atoms with Crippen molar-refractivity contribution in [1.82, 2.24) is 15.0 Å². The quantitative estimate of drug-likeness (QED) is 0.837. The second-order valence-electron chi connectivity index (χ2n) is 5.04. The molecule has 0 atom stereocenters. The summed E-state index contributed by atoms with van der Waals surface area (Å²) in [5, 5.41) is 8.21. The number of rotatable bonds is 6. The molecule has 0 unspecified atom stereocenters. The van der Waals surface area contributed by atoms with Crippen molar-refractivity contribution in [2.45, 2.75) is 58.0 Å². The molecule has 0 amide bonds. The van der Waals surface area contributed by atoms with Crippen molar-refractivity contribution in [3.8, 4) is 0 Å². The number of hydrogen-bond acceptors (Lipinski definition) is 4. The van der Waals surface area contributed by atoms with Gasteiger partial charge in [0.25, 0.3) is 0 Å². The van der Waals surface area contributed by atoms with Crippen LogP contribution in [0, 0.1) is 0 Å². The predicted molar refractivity (Wildman–Crippen MR) is 73.6 cm³/mol. The Hall–Kier alpha value is -1.10. The van der Waals surface area contributed by atoms with Crippen LogP contribution in [0.15, 0.2) is 6.20 Å². The fourth-order valence-electron chi connectivity index (χ4n) is 2.84. The Morgan fingerprint density at radius 3 is 2.83 bits per heavy atom. The number of anilines is 1. The molecule has 5 heteroatoms. The molecule has 0 aromatic carbocycles. The number of hydrogen-bond donors (Lipinski definition) is 1. The highest BCUT2D eigenvalue weighted by Crippen LogP contribution is 2.26. The van der Waals surface area contributed by atoms with E-state index in [-0.39, 0.29) is 0 Å². The van der Waals surface area contributed by atoms with Gasteiger partial charge >= 0.3 is 0 Å². The Morgan fingerprint density at radius 1 is 1.39 bits per heavy atom. The monoisotopic (exact) mass is 251 g/mol. The zero-order chi connectivity index (χ0) is 12.8. The lowest BCUT2D eigenvalue weighted by Gasteiger charge is -2.35. The molecule has 1 aromatic heterocycles. The lowest BCUT2D eigenvalue weighted by atomic mass is 9.94. The summed E-state index contributed by atoms with van der Waals surface area (Å²) < 4.78 is 1.99. The van der Waals surface area contributed by atoms with E-state index in [9.17, 15) is 0 Å². The number of aromatic nitrogens is 3. The Labute approximate surface area is 109 Å². The minimum Gasteiger partial charge on any atom is -0.352 e. The number of nitrogens with two attached hydrogens (primary N) is 1. The Kier molecular flexibility index (Phi) is 4.99. The van der Waals surface area contributed by atoms with Crippen LogP contribution in [0.25, 0.3) is 0 Å². The van der Waals surface area contributed by atoms with Crippen molar-refractivity contribution in [3.63, 3.8) is 0 Å². The molecule has 0 spiro atoms. The molecule has 0 saturated heterocycles. The highest BCUT2D eigenvalue weighted by molar-refractivity contribution is 5.37. The van der Waals surface area contributed by atoms with E-state index in [1.54, 1.807) is 0 Å². The molecule has 1 aliphatic carbocycles. The fourth-order valence-corrected chi connectivity index (χ4v) is 2.84. The zero-order valence-corrected chi connectivity index (χ0v) is 11.4. The molecule has 1 aliphatic rings. The normalized spacial score (nSPS) is 17.0. The zero-order valence-electron chi connectivity index (χ0n) is 11.4. The van der Waals surface area contributed by atoms with Gasteiger partial charge in [-0.15, -0.1) is 5.10 Å². The maximum atomic E-state index is 5.67. The van der Waals surface area contributed by atoms with Gasteiger partial charge in [0.1, 0.15) is 5.82 Å². The first-order chi connectivity index (χ1) is 8.86. The second kappa shape index (κ2) is 6.73. The van der Waals surface area contributed by atoms with E-state index < -0.39 is 0 Å². The average molecular weight is 251 g/mol. The van der Waals surface area contributed by atoms with E-state index >= 15 is 0 Å². The van der Waals surface area contributed by atoms with Crippen molar-refractivity contribution in [3.05, 3.63) is 6.20 Å². The molecule has 5 nitrogen and oxygen atoms in total. The highest BCUT2D eigenvalue weighted by Gasteiger charge is 2.23. The third-order valence-electron chi connectivity index (χ3n) is 3.81. The summed E-state index contributed by atoms with van der Waals surface area (Å²) in [6, 6.07) is 0.647. The summed E-state index contributed by atoms with van der Waals surface area (Å²) >= 11 is 0. The summed E-state index contributed by atoms with van der Waals surface area (Å²) in [6.07, 6.45) is 9.58. The average Bonchev–Trinajstić information content (AvgIpc) is 2.89. The summed E-state index contributed by atoms with van der Waals surface area (Å²) in [5.41, 5.74) is 5.67. The van der Waals surface area contributed by atoms with Gasteiger partial charge in [0.15, 0.2) is 0 Å². The van der Waals surface area contributed by atoms with Gasteiger partial charge in [0.2, 0.25) is 0 Å². The van der Waals surface area contributed by atoms with E-state index in [0.717, 1.165) is 31.9 Å². The predicted octanol–water partition coefficient (Wildman–Crippen LogP) is 1.79. The van der Waals surface area contributed by atoms with Gasteiger partial charge in [0.05, 0.1) is 6.20 Å². The van der Waals surface area contributed by atoms with E-state index in [0.29, 0.717) is 6.04 Å². The molecule has 0 bridgehead atoms. The first-order valence-electron chi connectivity index (χ1n) is 7.22. The first kappa shape index (κ1) is 13.3. The van der Waals surface area contributed by atoms with Gasteiger partial charge < -0.3 is 10.6 Å². The number of nitrogens with zero attached hydrogens (tertiary/aromatic N) is 4. The van der Waals surface area contributed by atoms with Crippen LogP contribution in [0.5, 0.6) is 0 Å². The Bertz CT molecular complexity index is 343. The Balaban J connectivity index is 2.12. The lowest BCUT2D eigenvalue weighted by molar-refractivity contribution is 0.406. The largest absolute Gasteiger partial charge is 0.352 e. The van der Waals surface area contributed by atoms with Crippen LogP contribution >= 0.6 is 0 Å². The summed E-state index contributed by atoms with van der Waals surface area (Å²) in [5.74, 6) is 1.16. The minimum absolute atomic E-state index is 0.647. The maximum absolute atomic E-state index is 5.67. The molecular weight excluding hydrogens is 226 g/mol. The van der Waals surface area contributed by atoms with E-state index in [4.69, 9.17) is 5.73 Å². The molecule has 0 radical (unpaired) electrons. The first-order valence-corrected chi connectivity index (χ1v) is 7.22. The molecule has 0 aliphatic heterocycles. The standard InChI is InChI=1S/C13H25N5/c1-2-18-13(11-15-16-18)17(10-6-9-14)12-7-4-3-5-8-12/h11-12H,2-10,14H2,1H3. The van der Waals surface area contributed by atoms with Crippen LogP contribution in [-0.2, 0) is 6.54 Å². The molecule has 2 N–H and O–H groups in total. The molecule has 1 heterocycles. The molecule has 102 valence electrons. The summed E-state index contributed by atoms with van der Waals surface area (Å²) in [4.78, 5) is 2.48. The molecule has 18 heavy (non-hydrogen) atoms. The van der Waals surface area contributed by atoms with E-state index in [1.807, 2.05) is 10.9 Å². The van der Waals surface area contributed by atoms with Gasteiger partial charge in [-0.25, -0.2) is 4.68 Å². The van der Waals surface area contributed by atoms with E-state index in [1.165, 1.54) is 32.1 Å². The second-order valence-corrected chi connectivity index (χ2v) is 5.04. The minimum atomic E-state index is 0.647. The number of aryl methyl sites for hydroxylation is 1. The molecule has 2 rings (SSSR count). The van der Waals surface area contributed by atoms with Crippen LogP contribution in [0.3, 0.4) is 0 Å². The molecule has 1 fully saturated rings. The fraction of sp³-hybridized carbons (Fsp3) is 0.846. The van der Waals surface area contributed by atoms with Crippen LogP contribution in [0.1, 0.15) is 45.4 Å². The van der Waals surface area contributed by atoms with Crippen LogP contribution < -0.4 is 10.6 Å². The van der Waals surface area contributed by atoms with Crippen molar-refractivity contribution in [2.24, 2.45) is 5.73 Å². The topological polar surface area (TPSA) is 60.0 Å². The lowest BCUT2D eigenvalue weighted by Crippen LogP contribution is -2.39. The summed E-state index contributed by atoms with van der Waals surface area (Å²) in [6.45, 7) is 4.76. The van der Waals surface area contributed by atoms with Gasteiger partial charge in [-0.3, -0.25) is 0 Å². The van der Waals surface area contributed by atoms with E-state index in [2.05, 4.69) is 22.1 Å². The van der Waals surface area contributed by atoms with Crippen LogP contribution in [0.4, 0.5) is 5.82 Å². The SMILES string of the molecule is CCn1nncc1N(CCCN)C1CCCCC1. The van der Waals surface area contributed by atoms with Gasteiger partial charge in [-0.2, -0.15) is 0 Å². The van der Waals surface area contributed by atoms with Crippen LogP contribution in [0.2, 0.25) is 0 Å². The van der Waals surface area contributed by atoms with Gasteiger partial charge in [-0.05, 0) is 32.7 Å². The van der Waals surface area contributed by atoms with Crippen molar-refractivity contribution < 1.29 is 0 Å². The third-order valence-corrected chi connectivity index (χ3v) is 3.81. The third kappa shape index (κ3) is 3.02. The smallest absolute Gasteiger partial charge is 0.147 e. The maximum Gasteiger partial charge on any atom is 0.147 e. The molecule has 1 saturated carbocycles. The molecule has 1 aromatic rings.